The molecule has 0 amide bonds. The summed E-state index contributed by atoms with van der Waals surface area (Å²) < 4.78 is 12.6. The molecule has 0 unspecified atom stereocenters. The maximum atomic E-state index is 12.2. The fraction of sp³-hybridized carbons (Fsp3) is 0.944. The van der Waals surface area contributed by atoms with Crippen LogP contribution in [0.15, 0.2) is 11.6 Å². The summed E-state index contributed by atoms with van der Waals surface area (Å²) in [7, 11) is 0. The Balaban J connectivity index is 1.49. The van der Waals surface area contributed by atoms with E-state index in [1.54, 1.807) is 0 Å². The first-order valence-electron chi connectivity index (χ1n) is 17.3. The zero-order chi connectivity index (χ0) is 32.6. The molecule has 15 atom stereocenters. The molecule has 8 heteroatoms. The molecular weight excluding hydrogens is 560 g/mol. The van der Waals surface area contributed by atoms with E-state index in [4.69, 9.17) is 9.47 Å². The van der Waals surface area contributed by atoms with Gasteiger partial charge in [-0.3, -0.25) is 0 Å². The average Bonchev–Trinajstić information content (AvgIpc) is 3.33. The van der Waals surface area contributed by atoms with Crippen LogP contribution in [0.1, 0.15) is 113 Å². The largest absolute Gasteiger partial charge is 0.394 e. The third-order valence-electron chi connectivity index (χ3n) is 14.6. The summed E-state index contributed by atoms with van der Waals surface area (Å²) in [6.45, 7) is 17.5. The second kappa shape index (κ2) is 11.8. The molecular formula is C36H62O8. The maximum Gasteiger partial charge on any atom is 0.187 e. The van der Waals surface area contributed by atoms with Gasteiger partial charge in [-0.15, -0.1) is 0 Å². The van der Waals surface area contributed by atoms with Gasteiger partial charge in [0.2, 0.25) is 0 Å². The Morgan fingerprint density at radius 1 is 0.864 bits per heavy atom. The van der Waals surface area contributed by atoms with Crippen LogP contribution in [0.3, 0.4) is 0 Å². The second-order valence-electron chi connectivity index (χ2n) is 17.3. The maximum absolute atomic E-state index is 12.2. The molecule has 1 saturated heterocycles. The van der Waals surface area contributed by atoms with Crippen molar-refractivity contribution in [3.8, 4) is 0 Å². The highest BCUT2D eigenvalue weighted by Gasteiger charge is 2.71. The minimum atomic E-state index is -1.50. The van der Waals surface area contributed by atoms with Gasteiger partial charge in [0.25, 0.3) is 0 Å². The van der Waals surface area contributed by atoms with Gasteiger partial charge in [-0.2, -0.15) is 0 Å². The molecule has 8 nitrogen and oxygen atoms in total. The fourth-order valence-electron chi connectivity index (χ4n) is 11.8. The Hall–Kier alpha value is -0.580. The van der Waals surface area contributed by atoms with Gasteiger partial charge in [-0.1, -0.05) is 46.3 Å². The van der Waals surface area contributed by atoms with E-state index < -0.39 is 49.0 Å². The fourth-order valence-corrected chi connectivity index (χ4v) is 11.8. The van der Waals surface area contributed by atoms with E-state index in [2.05, 4.69) is 61.5 Å². The Morgan fingerprint density at radius 2 is 1.52 bits per heavy atom. The highest BCUT2D eigenvalue weighted by molar-refractivity contribution is 5.20. The third kappa shape index (κ3) is 5.17. The van der Waals surface area contributed by atoms with E-state index in [-0.39, 0.29) is 39.6 Å². The minimum absolute atomic E-state index is 0.0131. The van der Waals surface area contributed by atoms with Crippen molar-refractivity contribution in [2.45, 2.75) is 162 Å². The van der Waals surface area contributed by atoms with Crippen molar-refractivity contribution in [2.75, 3.05) is 6.61 Å². The van der Waals surface area contributed by atoms with Crippen LogP contribution in [0.5, 0.6) is 0 Å². The summed E-state index contributed by atoms with van der Waals surface area (Å²) in [5.74, 6) is 0.713. The Bertz CT molecular complexity index is 1070. The van der Waals surface area contributed by atoms with Crippen molar-refractivity contribution in [3.05, 3.63) is 11.6 Å². The van der Waals surface area contributed by atoms with E-state index in [1.165, 1.54) is 5.57 Å². The molecule has 4 aliphatic carbocycles. The molecule has 254 valence electrons. The average molecular weight is 623 g/mol. The molecule has 6 N–H and O–H groups in total. The molecule has 5 rings (SSSR count). The highest BCUT2D eigenvalue weighted by Crippen LogP contribution is 2.76. The van der Waals surface area contributed by atoms with Crippen LogP contribution in [0.2, 0.25) is 0 Å². The number of allylic oxidation sites excluding steroid dienone is 2. The van der Waals surface area contributed by atoms with Gasteiger partial charge in [0, 0.05) is 0 Å². The lowest BCUT2D eigenvalue weighted by atomic mass is 9.35. The summed E-state index contributed by atoms with van der Waals surface area (Å²) in [6.07, 6.45) is 2.60. The molecule has 5 fully saturated rings. The molecule has 0 bridgehead atoms. The van der Waals surface area contributed by atoms with E-state index >= 15 is 0 Å². The smallest absolute Gasteiger partial charge is 0.187 e. The summed E-state index contributed by atoms with van der Waals surface area (Å²) in [4.78, 5) is 0. The molecule has 5 aliphatic rings. The lowest BCUT2D eigenvalue weighted by molar-refractivity contribution is -0.336. The standard InChI is InChI=1S/C36H62O8/c1-20(2)10-9-14-36(8,44-31-30(42)29(41)28(40)23(19-37)43-31)21-11-16-35(7)27(21)22(38)18-25-33(5)15-13-26(39)32(3,4)24(33)12-17-34(25,35)6/h10,21-31,37-42H,9,11-19H2,1-8H3/t21-,22+,23+,24-,25-,26-,27+,28+,29-,30+,31-,33-,34+,35+,36-/m0/s1. The predicted molar refractivity (Wildman–Crippen MR) is 168 cm³/mol. The van der Waals surface area contributed by atoms with Gasteiger partial charge in [-0.25, -0.2) is 0 Å². The molecule has 1 aliphatic heterocycles. The number of hydrogen-bond acceptors (Lipinski definition) is 8. The predicted octanol–water partition coefficient (Wildman–Crippen LogP) is 4.32. The first-order valence-corrected chi connectivity index (χ1v) is 17.3. The van der Waals surface area contributed by atoms with Gasteiger partial charge in [-0.05, 0) is 124 Å². The molecule has 0 aromatic carbocycles. The van der Waals surface area contributed by atoms with Crippen molar-refractivity contribution >= 4 is 0 Å². The number of aliphatic hydroxyl groups excluding tert-OH is 6. The second-order valence-corrected chi connectivity index (χ2v) is 17.3. The van der Waals surface area contributed by atoms with Gasteiger partial charge < -0.3 is 40.1 Å². The molecule has 0 aromatic heterocycles. The van der Waals surface area contributed by atoms with Crippen molar-refractivity contribution in [1.29, 1.82) is 0 Å². The van der Waals surface area contributed by atoms with Crippen LogP contribution in [-0.2, 0) is 9.47 Å². The van der Waals surface area contributed by atoms with Gasteiger partial charge >= 0.3 is 0 Å². The topological polar surface area (TPSA) is 140 Å². The van der Waals surface area contributed by atoms with E-state index in [1.807, 2.05) is 0 Å². The van der Waals surface area contributed by atoms with Crippen molar-refractivity contribution in [1.82, 2.24) is 0 Å². The Kier molecular flexibility index (Phi) is 9.35. The number of aliphatic hydroxyl groups is 6. The van der Waals surface area contributed by atoms with Gasteiger partial charge in [0.1, 0.15) is 24.4 Å². The molecule has 0 aromatic rings. The van der Waals surface area contributed by atoms with Crippen LogP contribution in [0.4, 0.5) is 0 Å². The summed E-state index contributed by atoms with van der Waals surface area (Å²) in [5, 5.41) is 65.0. The minimum Gasteiger partial charge on any atom is -0.394 e. The van der Waals surface area contributed by atoms with Crippen molar-refractivity contribution < 1.29 is 40.1 Å². The number of rotatable bonds is 7. The lowest BCUT2D eigenvalue weighted by Gasteiger charge is -2.70. The summed E-state index contributed by atoms with van der Waals surface area (Å²) in [6, 6.07) is 0. The highest BCUT2D eigenvalue weighted by atomic mass is 16.7. The number of ether oxygens (including phenoxy) is 2. The van der Waals surface area contributed by atoms with E-state index in [0.29, 0.717) is 18.3 Å². The molecule has 0 radical (unpaired) electrons. The molecule has 1 heterocycles. The summed E-state index contributed by atoms with van der Waals surface area (Å²) in [5.41, 5.74) is 0.171. The van der Waals surface area contributed by atoms with E-state index in [0.717, 1.165) is 51.4 Å². The number of hydrogen-bond donors (Lipinski definition) is 6. The van der Waals surface area contributed by atoms with Crippen LogP contribution in [0.25, 0.3) is 0 Å². The first-order chi connectivity index (χ1) is 20.4. The normalized spacial score (nSPS) is 51.5. The zero-order valence-electron chi connectivity index (χ0n) is 28.5. The van der Waals surface area contributed by atoms with Gasteiger partial charge in [0.05, 0.1) is 24.4 Å². The zero-order valence-corrected chi connectivity index (χ0v) is 28.5. The first kappa shape index (κ1) is 34.7. The SMILES string of the molecule is CC(C)=CCC[C@](C)(O[C@@H]1O[C@H](CO)[C@@H](O)[C@H](O)[C@H]1O)[C@H]1CC[C@]2(C)[C@H]1[C@H](O)C[C@H]1[C@@]3(C)CC[C@H](O)C(C)(C)[C@@H]3CC[C@]12C. The quantitative estimate of drug-likeness (QED) is 0.231. The van der Waals surface area contributed by atoms with Crippen molar-refractivity contribution in [2.24, 2.45) is 45.3 Å². The molecule has 44 heavy (non-hydrogen) atoms. The molecule has 4 saturated carbocycles. The molecule has 0 spiro atoms. The van der Waals surface area contributed by atoms with Crippen molar-refractivity contribution in [3.63, 3.8) is 0 Å². The van der Waals surface area contributed by atoms with Crippen LogP contribution >= 0.6 is 0 Å². The summed E-state index contributed by atoms with van der Waals surface area (Å²) >= 11 is 0. The van der Waals surface area contributed by atoms with Crippen LogP contribution in [0, 0.1) is 45.3 Å². The van der Waals surface area contributed by atoms with Crippen LogP contribution in [-0.4, -0.2) is 85.8 Å². The van der Waals surface area contributed by atoms with Crippen LogP contribution < -0.4 is 0 Å². The Labute approximate surface area is 265 Å². The Morgan fingerprint density at radius 3 is 2.16 bits per heavy atom. The third-order valence-corrected chi connectivity index (χ3v) is 14.6. The number of fused-ring (bicyclic) bond motifs is 5. The monoisotopic (exact) mass is 622 g/mol. The van der Waals surface area contributed by atoms with Gasteiger partial charge in [0.15, 0.2) is 6.29 Å². The lowest BCUT2D eigenvalue weighted by Crippen LogP contribution is -2.67. The van der Waals surface area contributed by atoms with E-state index in [9.17, 15) is 30.6 Å².